The predicted octanol–water partition coefficient (Wildman–Crippen LogP) is 2.60. The van der Waals surface area contributed by atoms with E-state index in [1.54, 1.807) is 19.1 Å². The Morgan fingerprint density at radius 3 is 2.36 bits per heavy atom. The summed E-state index contributed by atoms with van der Waals surface area (Å²) in [4.78, 5) is 24.2. The molecule has 0 atom stereocenters. The number of aromatic nitrogens is 2. The van der Waals surface area contributed by atoms with Crippen LogP contribution in [0.3, 0.4) is 0 Å². The quantitative estimate of drug-likeness (QED) is 0.780. The van der Waals surface area contributed by atoms with E-state index in [-0.39, 0.29) is 21.8 Å². The van der Waals surface area contributed by atoms with Crippen molar-refractivity contribution in [2.75, 3.05) is 0 Å². The summed E-state index contributed by atoms with van der Waals surface area (Å²) in [5, 5.41) is 9.00. The second kappa shape index (κ2) is 6.39. The van der Waals surface area contributed by atoms with E-state index in [0.717, 1.165) is 19.2 Å². The highest BCUT2D eigenvalue weighted by atomic mass is 19.4. The average molecular weight is 353 g/mol. The van der Waals surface area contributed by atoms with Gasteiger partial charge in [-0.25, -0.2) is 13.8 Å². The van der Waals surface area contributed by atoms with Gasteiger partial charge in [0.1, 0.15) is 11.5 Å². The van der Waals surface area contributed by atoms with Crippen molar-refractivity contribution in [1.29, 1.82) is 5.26 Å². The van der Waals surface area contributed by atoms with Gasteiger partial charge >= 0.3 is 11.9 Å². The maximum absolute atomic E-state index is 14.3. The molecular weight excluding hydrogens is 342 g/mol. The molecule has 2 rings (SSSR count). The van der Waals surface area contributed by atoms with Gasteiger partial charge in [-0.05, 0) is 24.6 Å². The van der Waals surface area contributed by atoms with E-state index >= 15 is 0 Å². The van der Waals surface area contributed by atoms with Crippen LogP contribution in [0.5, 0.6) is 0 Å². The van der Waals surface area contributed by atoms with Crippen LogP contribution in [0.2, 0.25) is 0 Å². The van der Waals surface area contributed by atoms with Crippen LogP contribution >= 0.6 is 0 Å². The highest BCUT2D eigenvalue weighted by molar-refractivity contribution is 5.61. The first-order chi connectivity index (χ1) is 11.6. The van der Waals surface area contributed by atoms with Crippen molar-refractivity contribution in [2.24, 2.45) is 7.05 Å². The smallest absolute Gasteiger partial charge is 0.292 e. The molecule has 25 heavy (non-hydrogen) atoms. The molecule has 9 heteroatoms. The number of hydrogen-bond donors (Lipinski definition) is 0. The van der Waals surface area contributed by atoms with E-state index in [1.165, 1.54) is 6.08 Å². The molecule has 130 valence electrons. The molecule has 1 aromatic heterocycles. The van der Waals surface area contributed by atoms with Gasteiger partial charge in [0, 0.05) is 13.1 Å². The first kappa shape index (κ1) is 18.2. The summed E-state index contributed by atoms with van der Waals surface area (Å²) in [6.07, 6.45) is -1.92. The summed E-state index contributed by atoms with van der Waals surface area (Å²) < 4.78 is 53.3. The Morgan fingerprint density at radius 2 is 1.84 bits per heavy atom. The van der Waals surface area contributed by atoms with Crippen LogP contribution in [0.25, 0.3) is 11.8 Å². The van der Waals surface area contributed by atoms with Gasteiger partial charge in [-0.3, -0.25) is 9.36 Å². The van der Waals surface area contributed by atoms with Crippen LogP contribution in [0, 0.1) is 17.1 Å². The third-order valence-electron chi connectivity index (χ3n) is 3.44. The van der Waals surface area contributed by atoms with Crippen LogP contribution < -0.4 is 11.2 Å². The molecule has 0 bridgehead atoms. The van der Waals surface area contributed by atoms with Crippen LogP contribution in [0.15, 0.2) is 33.9 Å². The molecule has 0 amide bonds. The van der Waals surface area contributed by atoms with Gasteiger partial charge in [0.15, 0.2) is 0 Å². The fraction of sp³-hybridized carbons (Fsp3) is 0.188. The van der Waals surface area contributed by atoms with Crippen LogP contribution in [0.4, 0.5) is 17.6 Å². The molecule has 2 aromatic rings. The number of benzene rings is 1. The SMILES string of the molecule is C/C=C\c1cc(-n2c(=O)cc(C(F)(F)F)n(C)c2=O)c(F)cc1C#N. The first-order valence-electron chi connectivity index (χ1n) is 6.88. The van der Waals surface area contributed by atoms with Gasteiger partial charge < -0.3 is 0 Å². The predicted molar refractivity (Wildman–Crippen MR) is 81.7 cm³/mol. The molecule has 0 unspecified atom stereocenters. The molecule has 0 spiro atoms. The minimum atomic E-state index is -4.91. The molecule has 0 radical (unpaired) electrons. The van der Waals surface area contributed by atoms with E-state index < -0.39 is 34.6 Å². The van der Waals surface area contributed by atoms with Crippen molar-refractivity contribution in [2.45, 2.75) is 13.1 Å². The molecule has 0 aliphatic rings. The third kappa shape index (κ3) is 3.24. The maximum Gasteiger partial charge on any atom is 0.431 e. The fourth-order valence-electron chi connectivity index (χ4n) is 2.28. The largest absolute Gasteiger partial charge is 0.431 e. The number of halogens is 4. The third-order valence-corrected chi connectivity index (χ3v) is 3.44. The number of nitriles is 1. The number of alkyl halides is 3. The Bertz CT molecular complexity index is 1020. The molecule has 5 nitrogen and oxygen atoms in total. The van der Waals surface area contributed by atoms with Gasteiger partial charge in [0.25, 0.3) is 5.56 Å². The molecular formula is C16H11F4N3O2. The van der Waals surface area contributed by atoms with Crippen molar-refractivity contribution in [1.82, 2.24) is 9.13 Å². The molecule has 0 aliphatic heterocycles. The molecule has 0 aliphatic carbocycles. The first-order valence-corrected chi connectivity index (χ1v) is 6.88. The Hall–Kier alpha value is -3.15. The lowest BCUT2D eigenvalue weighted by molar-refractivity contribution is -0.144. The second-order valence-electron chi connectivity index (χ2n) is 5.05. The summed E-state index contributed by atoms with van der Waals surface area (Å²) in [5.41, 5.74) is -4.49. The normalized spacial score (nSPS) is 11.7. The monoisotopic (exact) mass is 353 g/mol. The standard InChI is InChI=1S/C16H11F4N3O2/c1-3-4-9-6-12(11(17)5-10(9)8-21)23-14(24)7-13(16(18,19)20)22(2)15(23)25/h3-7H,1-2H3/b4-3-. The summed E-state index contributed by atoms with van der Waals surface area (Å²) in [5.74, 6) is -1.08. The summed E-state index contributed by atoms with van der Waals surface area (Å²) in [7, 11) is 0.829. The molecule has 0 saturated carbocycles. The number of rotatable bonds is 2. The van der Waals surface area contributed by atoms with Gasteiger partial charge in [-0.2, -0.15) is 18.4 Å². The molecule has 0 saturated heterocycles. The van der Waals surface area contributed by atoms with E-state index in [9.17, 15) is 27.2 Å². The van der Waals surface area contributed by atoms with E-state index in [2.05, 4.69) is 0 Å². The highest BCUT2D eigenvalue weighted by Crippen LogP contribution is 2.27. The van der Waals surface area contributed by atoms with Gasteiger partial charge in [-0.1, -0.05) is 12.2 Å². The fourth-order valence-corrected chi connectivity index (χ4v) is 2.28. The molecule has 0 N–H and O–H groups in total. The molecule has 0 fully saturated rings. The van der Waals surface area contributed by atoms with Gasteiger partial charge in [0.2, 0.25) is 0 Å². The van der Waals surface area contributed by atoms with Crippen LogP contribution in [-0.4, -0.2) is 9.13 Å². The molecule has 1 aromatic carbocycles. The Labute approximate surface area is 138 Å². The lowest BCUT2D eigenvalue weighted by Gasteiger charge is -2.14. The lowest BCUT2D eigenvalue weighted by Crippen LogP contribution is -2.41. The van der Waals surface area contributed by atoms with Crippen LogP contribution in [0.1, 0.15) is 23.7 Å². The maximum atomic E-state index is 14.3. The Kier molecular flexibility index (Phi) is 4.65. The summed E-state index contributed by atoms with van der Waals surface area (Å²) in [6, 6.07) is 3.85. The number of allylic oxidation sites excluding steroid dienone is 1. The zero-order valence-corrected chi connectivity index (χ0v) is 13.1. The Balaban J connectivity index is 2.87. The van der Waals surface area contributed by atoms with Gasteiger partial charge in [0.05, 0.1) is 17.3 Å². The summed E-state index contributed by atoms with van der Waals surface area (Å²) >= 11 is 0. The average Bonchev–Trinajstić information content (AvgIpc) is 2.52. The van der Waals surface area contributed by atoms with Crippen molar-refractivity contribution in [3.8, 4) is 11.8 Å². The highest BCUT2D eigenvalue weighted by Gasteiger charge is 2.35. The van der Waals surface area contributed by atoms with Crippen LogP contribution in [-0.2, 0) is 13.2 Å². The zero-order chi connectivity index (χ0) is 18.9. The van der Waals surface area contributed by atoms with E-state index in [4.69, 9.17) is 5.26 Å². The summed E-state index contributed by atoms with van der Waals surface area (Å²) in [6.45, 7) is 1.63. The lowest BCUT2D eigenvalue weighted by atomic mass is 10.1. The van der Waals surface area contributed by atoms with Crippen molar-refractivity contribution < 1.29 is 17.6 Å². The second-order valence-corrected chi connectivity index (χ2v) is 5.05. The van der Waals surface area contributed by atoms with Crippen molar-refractivity contribution in [3.63, 3.8) is 0 Å². The zero-order valence-electron chi connectivity index (χ0n) is 13.1. The van der Waals surface area contributed by atoms with Gasteiger partial charge in [-0.15, -0.1) is 0 Å². The molecule has 1 heterocycles. The number of nitrogens with zero attached hydrogens (tertiary/aromatic N) is 3. The number of hydrogen-bond acceptors (Lipinski definition) is 3. The topological polar surface area (TPSA) is 67.8 Å². The van der Waals surface area contributed by atoms with E-state index in [0.29, 0.717) is 4.57 Å². The van der Waals surface area contributed by atoms with Crippen molar-refractivity contribution >= 4 is 6.08 Å². The minimum absolute atomic E-state index is 0.0452. The van der Waals surface area contributed by atoms with Crippen molar-refractivity contribution in [3.05, 3.63) is 67.8 Å². The minimum Gasteiger partial charge on any atom is -0.292 e. The van der Waals surface area contributed by atoms with E-state index in [1.807, 2.05) is 0 Å². The Morgan fingerprint density at radius 1 is 1.20 bits per heavy atom.